The summed E-state index contributed by atoms with van der Waals surface area (Å²) in [5.74, 6) is 0.167. The Bertz CT molecular complexity index is 1120. The summed E-state index contributed by atoms with van der Waals surface area (Å²) in [7, 11) is 1.33. The van der Waals surface area contributed by atoms with Crippen LogP contribution < -0.4 is 10.5 Å². The molecule has 4 rings (SSSR count). The number of thiophene rings is 1. The molecule has 1 fully saturated rings. The Morgan fingerprint density at radius 1 is 1.31 bits per heavy atom. The molecule has 0 spiro atoms. The summed E-state index contributed by atoms with van der Waals surface area (Å²) in [6, 6.07) is 7.87. The highest BCUT2D eigenvalue weighted by molar-refractivity contribution is 7.20. The van der Waals surface area contributed by atoms with E-state index in [1.807, 2.05) is 18.2 Å². The first-order valence-corrected chi connectivity index (χ1v) is 10.5. The van der Waals surface area contributed by atoms with E-state index in [1.54, 1.807) is 6.92 Å². The van der Waals surface area contributed by atoms with Gasteiger partial charge in [-0.05, 0) is 30.7 Å². The lowest BCUT2D eigenvalue weighted by Crippen LogP contribution is -2.46. The van der Waals surface area contributed by atoms with Crippen LogP contribution in [0.4, 0.5) is 5.69 Å². The lowest BCUT2D eigenvalue weighted by atomic mass is 10.2. The second-order valence-corrected chi connectivity index (χ2v) is 8.42. The van der Waals surface area contributed by atoms with Crippen molar-refractivity contribution < 1.29 is 9.53 Å². The highest BCUT2D eigenvalue weighted by Crippen LogP contribution is 2.27. The van der Waals surface area contributed by atoms with E-state index in [2.05, 4.69) is 25.8 Å². The SMILES string of the molecule is COC(=O)c1sc2nc(CN3CCN(c4cccc(Cl)c4)CC3)[nH]c(=O)c2c1C. The van der Waals surface area contributed by atoms with Crippen LogP contribution in [-0.2, 0) is 11.3 Å². The molecular weight excluding hydrogens is 412 g/mol. The van der Waals surface area contributed by atoms with Crippen LogP contribution in [0.5, 0.6) is 0 Å². The van der Waals surface area contributed by atoms with Crippen molar-refractivity contribution in [3.8, 4) is 0 Å². The monoisotopic (exact) mass is 432 g/mol. The Balaban J connectivity index is 1.49. The number of anilines is 1. The topological polar surface area (TPSA) is 78.5 Å². The number of aromatic nitrogens is 2. The molecule has 0 saturated carbocycles. The number of rotatable bonds is 4. The number of fused-ring (bicyclic) bond motifs is 1. The molecule has 29 heavy (non-hydrogen) atoms. The van der Waals surface area contributed by atoms with Gasteiger partial charge in [-0.2, -0.15) is 0 Å². The molecule has 2 aromatic heterocycles. The van der Waals surface area contributed by atoms with Crippen LogP contribution in [0.1, 0.15) is 21.1 Å². The average molecular weight is 433 g/mol. The molecule has 9 heteroatoms. The van der Waals surface area contributed by atoms with Crippen LogP contribution in [0.15, 0.2) is 29.1 Å². The van der Waals surface area contributed by atoms with Crippen molar-refractivity contribution in [2.24, 2.45) is 0 Å². The number of carbonyl (C=O) groups is 1. The number of aromatic amines is 1. The minimum absolute atomic E-state index is 0.216. The number of aryl methyl sites for hydroxylation is 1. The molecule has 1 saturated heterocycles. The molecule has 0 aliphatic carbocycles. The van der Waals surface area contributed by atoms with Gasteiger partial charge in [-0.3, -0.25) is 9.69 Å². The Morgan fingerprint density at radius 3 is 2.76 bits per heavy atom. The Labute approximate surface area is 176 Å². The van der Waals surface area contributed by atoms with Crippen molar-refractivity contribution in [1.82, 2.24) is 14.9 Å². The maximum absolute atomic E-state index is 12.6. The average Bonchev–Trinajstić information content (AvgIpc) is 3.05. The van der Waals surface area contributed by atoms with E-state index in [9.17, 15) is 9.59 Å². The van der Waals surface area contributed by atoms with Gasteiger partial charge in [0.15, 0.2) is 0 Å². The number of methoxy groups -OCH3 is 1. The Hall–Kier alpha value is -2.42. The molecule has 7 nitrogen and oxygen atoms in total. The van der Waals surface area contributed by atoms with E-state index in [0.29, 0.717) is 33.0 Å². The van der Waals surface area contributed by atoms with Crippen molar-refractivity contribution in [2.45, 2.75) is 13.5 Å². The maximum Gasteiger partial charge on any atom is 0.348 e. The second-order valence-electron chi connectivity index (χ2n) is 6.98. The summed E-state index contributed by atoms with van der Waals surface area (Å²) in [5.41, 5.74) is 1.52. The predicted octanol–water partition coefficient (Wildman–Crippen LogP) is 3.06. The van der Waals surface area contributed by atoms with Gasteiger partial charge >= 0.3 is 5.97 Å². The van der Waals surface area contributed by atoms with Crippen LogP contribution in [0.3, 0.4) is 0 Å². The van der Waals surface area contributed by atoms with Crippen LogP contribution in [0, 0.1) is 6.92 Å². The normalized spacial score (nSPS) is 15.1. The lowest BCUT2D eigenvalue weighted by Gasteiger charge is -2.35. The molecule has 0 radical (unpaired) electrons. The van der Waals surface area contributed by atoms with E-state index in [1.165, 1.54) is 18.4 Å². The third-order valence-electron chi connectivity index (χ3n) is 5.14. The standard InChI is InChI=1S/C20H21ClN4O3S/c1-12-16-18(26)22-15(23-19(16)29-17(12)20(27)28-2)11-24-6-8-25(9-7-24)14-5-3-4-13(21)10-14/h3-5,10H,6-9,11H2,1-2H3,(H,22,23,26). The van der Waals surface area contributed by atoms with E-state index in [0.717, 1.165) is 36.9 Å². The second kappa shape index (κ2) is 8.14. The fraction of sp³-hybridized carbons (Fsp3) is 0.350. The molecule has 0 atom stereocenters. The van der Waals surface area contributed by atoms with E-state index >= 15 is 0 Å². The van der Waals surface area contributed by atoms with Gasteiger partial charge in [-0.25, -0.2) is 9.78 Å². The molecule has 3 heterocycles. The van der Waals surface area contributed by atoms with Crippen molar-refractivity contribution >= 4 is 44.8 Å². The van der Waals surface area contributed by atoms with Gasteiger partial charge in [0.1, 0.15) is 15.5 Å². The summed E-state index contributed by atoms with van der Waals surface area (Å²) in [6.45, 7) is 5.75. The summed E-state index contributed by atoms with van der Waals surface area (Å²) in [6.07, 6.45) is 0. The summed E-state index contributed by atoms with van der Waals surface area (Å²) in [4.78, 5) is 37.5. The number of ether oxygens (including phenoxy) is 1. The largest absolute Gasteiger partial charge is 0.465 e. The number of hydrogen-bond donors (Lipinski definition) is 1. The molecule has 1 N–H and O–H groups in total. The van der Waals surface area contributed by atoms with E-state index < -0.39 is 5.97 Å². The van der Waals surface area contributed by atoms with Crippen molar-refractivity contribution in [2.75, 3.05) is 38.2 Å². The number of benzene rings is 1. The van der Waals surface area contributed by atoms with Gasteiger partial charge in [0, 0.05) is 36.9 Å². The predicted molar refractivity (Wildman–Crippen MR) is 115 cm³/mol. The van der Waals surface area contributed by atoms with Gasteiger partial charge in [0.25, 0.3) is 5.56 Å². The fourth-order valence-electron chi connectivity index (χ4n) is 3.60. The summed E-state index contributed by atoms with van der Waals surface area (Å²) < 4.78 is 4.80. The molecule has 1 aromatic carbocycles. The van der Waals surface area contributed by atoms with Gasteiger partial charge in [0.2, 0.25) is 0 Å². The highest BCUT2D eigenvalue weighted by Gasteiger charge is 2.22. The first-order valence-electron chi connectivity index (χ1n) is 9.29. The molecule has 3 aromatic rings. The molecule has 152 valence electrons. The number of hydrogen-bond acceptors (Lipinski definition) is 7. The Morgan fingerprint density at radius 2 is 2.07 bits per heavy atom. The first kappa shape index (κ1) is 19.9. The van der Waals surface area contributed by atoms with Crippen LogP contribution in [0.2, 0.25) is 5.02 Å². The molecule has 0 unspecified atom stereocenters. The first-order chi connectivity index (χ1) is 14.0. The van der Waals surface area contributed by atoms with Crippen LogP contribution in [0.25, 0.3) is 10.2 Å². The Kier molecular flexibility index (Phi) is 5.58. The summed E-state index contributed by atoms with van der Waals surface area (Å²) in [5, 5.41) is 1.20. The maximum atomic E-state index is 12.6. The van der Waals surface area contributed by atoms with Crippen molar-refractivity contribution in [3.05, 3.63) is 55.9 Å². The third kappa shape index (κ3) is 4.01. The zero-order chi connectivity index (χ0) is 20.5. The van der Waals surface area contributed by atoms with Gasteiger partial charge in [-0.1, -0.05) is 17.7 Å². The fourth-order valence-corrected chi connectivity index (χ4v) is 4.90. The van der Waals surface area contributed by atoms with Gasteiger partial charge in [-0.15, -0.1) is 11.3 Å². The van der Waals surface area contributed by atoms with Crippen molar-refractivity contribution in [3.63, 3.8) is 0 Å². The number of piperazine rings is 1. The number of esters is 1. The smallest absolute Gasteiger partial charge is 0.348 e. The minimum atomic E-state index is -0.441. The molecule has 0 bridgehead atoms. The van der Waals surface area contributed by atoms with E-state index in [4.69, 9.17) is 16.3 Å². The molecule has 1 aliphatic rings. The highest BCUT2D eigenvalue weighted by atomic mass is 35.5. The molecular formula is C20H21ClN4O3S. The van der Waals surface area contributed by atoms with Gasteiger partial charge in [0.05, 0.1) is 19.0 Å². The van der Waals surface area contributed by atoms with Crippen molar-refractivity contribution in [1.29, 1.82) is 0 Å². The quantitative estimate of drug-likeness (QED) is 0.638. The van der Waals surface area contributed by atoms with Gasteiger partial charge < -0.3 is 14.6 Å². The minimum Gasteiger partial charge on any atom is -0.465 e. The molecule has 1 aliphatic heterocycles. The lowest BCUT2D eigenvalue weighted by molar-refractivity contribution is 0.0605. The summed E-state index contributed by atoms with van der Waals surface area (Å²) >= 11 is 7.30. The third-order valence-corrected chi connectivity index (χ3v) is 6.54. The molecule has 0 amide bonds. The zero-order valence-electron chi connectivity index (χ0n) is 16.2. The van der Waals surface area contributed by atoms with Crippen LogP contribution in [-0.4, -0.2) is 54.1 Å². The number of nitrogens with one attached hydrogen (secondary N) is 1. The zero-order valence-corrected chi connectivity index (χ0v) is 17.8. The van der Waals surface area contributed by atoms with Crippen LogP contribution >= 0.6 is 22.9 Å². The number of H-pyrrole nitrogens is 1. The number of halogens is 1. The number of nitrogens with zero attached hydrogens (tertiary/aromatic N) is 3. The number of carbonyl (C=O) groups excluding carboxylic acids is 1. The van der Waals surface area contributed by atoms with E-state index in [-0.39, 0.29) is 5.56 Å².